The summed E-state index contributed by atoms with van der Waals surface area (Å²) >= 11 is 0. The SMILES string of the molecule is CN(CC(=O)Nc1ccccc1C(F)(F)F)C(=O)COc1cccc([N+](=O)[O-])c1. The van der Waals surface area contributed by atoms with E-state index >= 15 is 0 Å². The largest absolute Gasteiger partial charge is 0.484 e. The zero-order valence-corrected chi connectivity index (χ0v) is 15.1. The molecule has 0 unspecified atom stereocenters. The number of halogens is 3. The number of hydrogen-bond acceptors (Lipinski definition) is 5. The molecule has 8 nitrogen and oxygen atoms in total. The van der Waals surface area contributed by atoms with Gasteiger partial charge in [-0.05, 0) is 18.2 Å². The van der Waals surface area contributed by atoms with Crippen molar-refractivity contribution in [3.05, 3.63) is 64.2 Å². The van der Waals surface area contributed by atoms with E-state index in [4.69, 9.17) is 4.74 Å². The van der Waals surface area contributed by atoms with Gasteiger partial charge in [0.1, 0.15) is 5.75 Å². The topological polar surface area (TPSA) is 102 Å². The van der Waals surface area contributed by atoms with Crippen molar-refractivity contribution in [3.63, 3.8) is 0 Å². The number of carbonyl (C=O) groups excluding carboxylic acids is 2. The maximum Gasteiger partial charge on any atom is 0.418 e. The number of anilines is 1. The van der Waals surface area contributed by atoms with Crippen molar-refractivity contribution < 1.29 is 32.4 Å². The van der Waals surface area contributed by atoms with Crippen LogP contribution in [0.5, 0.6) is 5.75 Å². The summed E-state index contributed by atoms with van der Waals surface area (Å²) in [6, 6.07) is 9.66. The molecule has 0 atom stereocenters. The number of non-ortho nitro benzene ring substituents is 1. The highest BCUT2D eigenvalue weighted by molar-refractivity contribution is 5.95. The van der Waals surface area contributed by atoms with Crippen LogP contribution in [0.4, 0.5) is 24.5 Å². The van der Waals surface area contributed by atoms with Gasteiger partial charge in [-0.15, -0.1) is 0 Å². The minimum atomic E-state index is -4.64. The van der Waals surface area contributed by atoms with E-state index in [2.05, 4.69) is 5.32 Å². The summed E-state index contributed by atoms with van der Waals surface area (Å²) in [5.41, 5.74) is -1.64. The molecule has 0 aliphatic carbocycles. The second kappa shape index (κ2) is 9.04. The maximum absolute atomic E-state index is 13.0. The molecule has 11 heteroatoms. The van der Waals surface area contributed by atoms with Crippen molar-refractivity contribution in [2.45, 2.75) is 6.18 Å². The number of carbonyl (C=O) groups is 2. The summed E-state index contributed by atoms with van der Waals surface area (Å²) in [7, 11) is 1.27. The Labute approximate surface area is 163 Å². The zero-order valence-electron chi connectivity index (χ0n) is 15.1. The van der Waals surface area contributed by atoms with E-state index in [-0.39, 0.29) is 11.4 Å². The lowest BCUT2D eigenvalue weighted by atomic mass is 10.1. The molecular formula is C18H16F3N3O5. The predicted molar refractivity (Wildman–Crippen MR) is 96.3 cm³/mol. The Hall–Kier alpha value is -3.63. The van der Waals surface area contributed by atoms with Gasteiger partial charge in [-0.2, -0.15) is 13.2 Å². The van der Waals surface area contributed by atoms with Gasteiger partial charge in [0.25, 0.3) is 11.6 Å². The third-order valence-electron chi connectivity index (χ3n) is 3.70. The second-order valence-corrected chi connectivity index (χ2v) is 5.88. The first kappa shape index (κ1) is 21.7. The van der Waals surface area contributed by atoms with Crippen molar-refractivity contribution >= 4 is 23.2 Å². The number of hydrogen-bond donors (Lipinski definition) is 1. The van der Waals surface area contributed by atoms with Gasteiger partial charge in [0.15, 0.2) is 6.61 Å². The van der Waals surface area contributed by atoms with Crippen LogP contribution in [-0.2, 0) is 15.8 Å². The summed E-state index contributed by atoms with van der Waals surface area (Å²) in [4.78, 5) is 35.1. The average molecular weight is 411 g/mol. The molecule has 2 aromatic carbocycles. The summed E-state index contributed by atoms with van der Waals surface area (Å²) in [6.07, 6.45) is -4.64. The molecule has 0 bridgehead atoms. The Kier molecular flexibility index (Phi) is 6.75. The molecule has 0 saturated heterocycles. The molecule has 0 aliphatic rings. The molecule has 1 N–H and O–H groups in total. The van der Waals surface area contributed by atoms with E-state index < -0.39 is 47.3 Å². The summed E-state index contributed by atoms with van der Waals surface area (Å²) < 4.78 is 44.0. The van der Waals surface area contributed by atoms with E-state index in [0.29, 0.717) is 0 Å². The Balaban J connectivity index is 1.92. The van der Waals surface area contributed by atoms with Crippen LogP contribution in [0.15, 0.2) is 48.5 Å². The minimum absolute atomic E-state index is 0.0875. The number of benzene rings is 2. The fourth-order valence-corrected chi connectivity index (χ4v) is 2.27. The first-order chi connectivity index (χ1) is 13.6. The molecule has 0 saturated carbocycles. The molecule has 0 spiro atoms. The van der Waals surface area contributed by atoms with Crippen molar-refractivity contribution in [2.75, 3.05) is 25.5 Å². The fraction of sp³-hybridized carbons (Fsp3) is 0.222. The molecule has 2 rings (SSSR count). The number of nitrogens with one attached hydrogen (secondary N) is 1. The van der Waals surface area contributed by atoms with E-state index in [1.165, 1.54) is 37.4 Å². The van der Waals surface area contributed by atoms with Crippen molar-refractivity contribution in [3.8, 4) is 5.75 Å². The number of nitro groups is 1. The summed E-state index contributed by atoms with van der Waals surface area (Å²) in [6.45, 7) is -1.02. The van der Waals surface area contributed by atoms with Crippen LogP contribution >= 0.6 is 0 Å². The molecular weight excluding hydrogens is 395 g/mol. The van der Waals surface area contributed by atoms with E-state index in [9.17, 15) is 32.9 Å². The van der Waals surface area contributed by atoms with Crippen molar-refractivity contribution in [2.24, 2.45) is 0 Å². The van der Waals surface area contributed by atoms with Crippen LogP contribution in [0.25, 0.3) is 0 Å². The summed E-state index contributed by atoms with van der Waals surface area (Å²) in [5, 5.41) is 12.8. The molecule has 154 valence electrons. The number of ether oxygens (including phenoxy) is 1. The van der Waals surface area contributed by atoms with Gasteiger partial charge < -0.3 is 15.0 Å². The fourth-order valence-electron chi connectivity index (χ4n) is 2.27. The first-order valence-electron chi connectivity index (χ1n) is 8.15. The standard InChI is InChI=1S/C18H16F3N3O5/c1-23(17(26)11-29-13-6-4-5-12(9-13)24(27)28)10-16(25)22-15-8-3-2-7-14(15)18(19,20)21/h2-9H,10-11H2,1H3,(H,22,25). The van der Waals surface area contributed by atoms with Gasteiger partial charge in [-0.1, -0.05) is 18.2 Å². The van der Waals surface area contributed by atoms with E-state index in [1.807, 2.05) is 0 Å². The van der Waals surface area contributed by atoms with Crippen LogP contribution in [0.1, 0.15) is 5.56 Å². The van der Waals surface area contributed by atoms with Crippen molar-refractivity contribution in [1.29, 1.82) is 0 Å². The number of likely N-dealkylation sites (N-methyl/N-ethyl adjacent to an activating group) is 1. The molecule has 0 aromatic heterocycles. The van der Waals surface area contributed by atoms with Crippen molar-refractivity contribution in [1.82, 2.24) is 4.90 Å². The normalized spacial score (nSPS) is 10.9. The highest BCUT2D eigenvalue weighted by Crippen LogP contribution is 2.34. The van der Waals surface area contributed by atoms with Gasteiger partial charge in [0, 0.05) is 13.1 Å². The number of nitrogens with zero attached hydrogens (tertiary/aromatic N) is 2. The molecule has 0 aliphatic heterocycles. The summed E-state index contributed by atoms with van der Waals surface area (Å²) in [5.74, 6) is -1.38. The number of nitro benzene ring substituents is 1. The van der Waals surface area contributed by atoms with Gasteiger partial charge >= 0.3 is 6.18 Å². The molecule has 2 amide bonds. The number of para-hydroxylation sites is 1. The molecule has 0 fully saturated rings. The Morgan fingerprint density at radius 2 is 1.86 bits per heavy atom. The monoisotopic (exact) mass is 411 g/mol. The highest BCUT2D eigenvalue weighted by Gasteiger charge is 2.33. The van der Waals surface area contributed by atoms with Crippen LogP contribution in [0, 0.1) is 10.1 Å². The van der Waals surface area contributed by atoms with Crippen LogP contribution in [0.2, 0.25) is 0 Å². The molecule has 0 heterocycles. The lowest BCUT2D eigenvalue weighted by molar-refractivity contribution is -0.384. The third-order valence-corrected chi connectivity index (χ3v) is 3.70. The lowest BCUT2D eigenvalue weighted by Crippen LogP contribution is -2.37. The van der Waals surface area contributed by atoms with E-state index in [1.54, 1.807) is 0 Å². The maximum atomic E-state index is 13.0. The zero-order chi connectivity index (χ0) is 21.6. The van der Waals surface area contributed by atoms with Gasteiger partial charge in [0.05, 0.1) is 28.8 Å². The second-order valence-electron chi connectivity index (χ2n) is 5.88. The molecule has 29 heavy (non-hydrogen) atoms. The van der Waals surface area contributed by atoms with Gasteiger partial charge in [-0.25, -0.2) is 0 Å². The predicted octanol–water partition coefficient (Wildman–Crippen LogP) is 3.09. The molecule has 2 aromatic rings. The quantitative estimate of drug-likeness (QED) is 0.557. The van der Waals surface area contributed by atoms with Crippen LogP contribution in [-0.4, -0.2) is 41.8 Å². The third kappa shape index (κ3) is 6.19. The number of rotatable bonds is 7. The Morgan fingerprint density at radius 1 is 1.17 bits per heavy atom. The first-order valence-corrected chi connectivity index (χ1v) is 8.15. The average Bonchev–Trinajstić information content (AvgIpc) is 2.65. The lowest BCUT2D eigenvalue weighted by Gasteiger charge is -2.18. The van der Waals surface area contributed by atoms with E-state index in [0.717, 1.165) is 23.1 Å². The Bertz CT molecular complexity index is 918. The van der Waals surface area contributed by atoms with Crippen LogP contribution < -0.4 is 10.1 Å². The van der Waals surface area contributed by atoms with Crippen LogP contribution in [0.3, 0.4) is 0 Å². The highest BCUT2D eigenvalue weighted by atomic mass is 19.4. The minimum Gasteiger partial charge on any atom is -0.484 e. The Morgan fingerprint density at radius 3 is 2.52 bits per heavy atom. The van der Waals surface area contributed by atoms with Gasteiger partial charge in [-0.3, -0.25) is 19.7 Å². The number of alkyl halides is 3. The number of amides is 2. The smallest absolute Gasteiger partial charge is 0.418 e. The van der Waals surface area contributed by atoms with Gasteiger partial charge in [0.2, 0.25) is 5.91 Å². The molecule has 0 radical (unpaired) electrons.